The summed E-state index contributed by atoms with van der Waals surface area (Å²) in [5, 5.41) is 4.20. The first-order chi connectivity index (χ1) is 7.99. The number of nitrogen functional groups attached to an aromatic ring is 1. The molecule has 0 amide bonds. The molecule has 0 aliphatic carbocycles. The second-order valence-electron chi connectivity index (χ2n) is 4.81. The lowest BCUT2D eigenvalue weighted by Crippen LogP contribution is -1.97. The predicted octanol–water partition coefficient (Wildman–Crippen LogP) is 3.10. The second kappa shape index (κ2) is 4.24. The lowest BCUT2D eigenvalue weighted by atomic mass is 9.96. The first-order valence-electron chi connectivity index (χ1n) is 5.89. The molecule has 17 heavy (non-hydrogen) atoms. The van der Waals surface area contributed by atoms with Gasteiger partial charge in [-0.05, 0) is 30.0 Å². The van der Waals surface area contributed by atoms with Crippen molar-refractivity contribution in [1.82, 2.24) is 9.78 Å². The standard InChI is InChI=1S/C14H19N3/c1-9(2)11-6-5-10(3)12(7-11)13-8-14(15)16-17(13)4/h5-9H,1-4H3,(H2,15,16). The van der Waals surface area contributed by atoms with E-state index in [1.54, 1.807) is 0 Å². The number of nitrogens with zero attached hydrogens (tertiary/aromatic N) is 2. The Morgan fingerprint density at radius 2 is 1.94 bits per heavy atom. The summed E-state index contributed by atoms with van der Waals surface area (Å²) in [5.74, 6) is 1.09. The summed E-state index contributed by atoms with van der Waals surface area (Å²) in [6.07, 6.45) is 0. The quantitative estimate of drug-likeness (QED) is 0.860. The zero-order valence-corrected chi connectivity index (χ0v) is 10.9. The fourth-order valence-corrected chi connectivity index (χ4v) is 2.02. The van der Waals surface area contributed by atoms with Gasteiger partial charge in [-0.2, -0.15) is 5.10 Å². The van der Waals surface area contributed by atoms with Crippen LogP contribution < -0.4 is 5.73 Å². The van der Waals surface area contributed by atoms with E-state index < -0.39 is 0 Å². The zero-order valence-electron chi connectivity index (χ0n) is 10.9. The maximum absolute atomic E-state index is 5.73. The molecule has 0 unspecified atom stereocenters. The molecule has 1 aromatic carbocycles. The maximum Gasteiger partial charge on any atom is 0.146 e. The molecule has 0 aliphatic rings. The van der Waals surface area contributed by atoms with Crippen LogP contribution in [0.1, 0.15) is 30.9 Å². The van der Waals surface area contributed by atoms with E-state index in [1.807, 2.05) is 17.8 Å². The van der Waals surface area contributed by atoms with E-state index in [2.05, 4.69) is 44.1 Å². The number of rotatable bonds is 2. The molecule has 3 nitrogen and oxygen atoms in total. The minimum Gasteiger partial charge on any atom is -0.382 e. The molecule has 2 N–H and O–H groups in total. The number of hydrogen-bond donors (Lipinski definition) is 1. The van der Waals surface area contributed by atoms with E-state index in [-0.39, 0.29) is 0 Å². The third kappa shape index (κ3) is 2.18. The van der Waals surface area contributed by atoms with Crippen LogP contribution in [-0.2, 0) is 7.05 Å². The van der Waals surface area contributed by atoms with E-state index in [9.17, 15) is 0 Å². The van der Waals surface area contributed by atoms with Crippen molar-refractivity contribution in [2.24, 2.45) is 7.05 Å². The van der Waals surface area contributed by atoms with Gasteiger partial charge in [-0.25, -0.2) is 0 Å². The summed E-state index contributed by atoms with van der Waals surface area (Å²) in [7, 11) is 1.92. The Morgan fingerprint density at radius 1 is 1.24 bits per heavy atom. The average Bonchev–Trinajstić information content (AvgIpc) is 2.58. The van der Waals surface area contributed by atoms with Gasteiger partial charge < -0.3 is 5.73 Å². The van der Waals surface area contributed by atoms with Gasteiger partial charge in [-0.1, -0.05) is 26.0 Å². The Morgan fingerprint density at radius 3 is 2.47 bits per heavy atom. The average molecular weight is 229 g/mol. The maximum atomic E-state index is 5.73. The van der Waals surface area contributed by atoms with Crippen molar-refractivity contribution >= 4 is 5.82 Å². The molecule has 90 valence electrons. The number of nitrogens with two attached hydrogens (primary N) is 1. The van der Waals surface area contributed by atoms with Crippen molar-refractivity contribution in [2.45, 2.75) is 26.7 Å². The van der Waals surface area contributed by atoms with Crippen LogP contribution in [0, 0.1) is 6.92 Å². The number of aromatic nitrogens is 2. The van der Waals surface area contributed by atoms with E-state index in [0.29, 0.717) is 11.7 Å². The summed E-state index contributed by atoms with van der Waals surface area (Å²) in [6.45, 7) is 6.51. The number of anilines is 1. The van der Waals surface area contributed by atoms with Gasteiger partial charge in [-0.3, -0.25) is 4.68 Å². The number of benzene rings is 1. The molecule has 3 heteroatoms. The Kier molecular flexibility index (Phi) is 2.92. The van der Waals surface area contributed by atoms with Crippen LogP contribution in [-0.4, -0.2) is 9.78 Å². The van der Waals surface area contributed by atoms with Crippen molar-refractivity contribution < 1.29 is 0 Å². The highest BCUT2D eigenvalue weighted by molar-refractivity contribution is 5.67. The van der Waals surface area contributed by atoms with Gasteiger partial charge in [-0.15, -0.1) is 0 Å². The first-order valence-corrected chi connectivity index (χ1v) is 5.89. The summed E-state index contributed by atoms with van der Waals surface area (Å²) in [6, 6.07) is 8.50. The summed E-state index contributed by atoms with van der Waals surface area (Å²) >= 11 is 0. The molecule has 2 rings (SSSR count). The Balaban J connectivity index is 2.58. The van der Waals surface area contributed by atoms with Crippen LogP contribution in [0.2, 0.25) is 0 Å². The SMILES string of the molecule is Cc1ccc(C(C)C)cc1-c1cc(N)nn1C. The van der Waals surface area contributed by atoms with Crippen LogP contribution in [0.3, 0.4) is 0 Å². The van der Waals surface area contributed by atoms with E-state index in [0.717, 1.165) is 5.69 Å². The van der Waals surface area contributed by atoms with E-state index in [1.165, 1.54) is 16.7 Å². The third-order valence-electron chi connectivity index (χ3n) is 3.10. The number of aryl methyl sites for hydroxylation is 2. The lowest BCUT2D eigenvalue weighted by molar-refractivity contribution is 0.779. The van der Waals surface area contributed by atoms with Gasteiger partial charge in [0.05, 0.1) is 5.69 Å². The Labute approximate surface area is 102 Å². The van der Waals surface area contributed by atoms with Gasteiger partial charge in [0.2, 0.25) is 0 Å². The fourth-order valence-electron chi connectivity index (χ4n) is 2.02. The molecule has 0 fully saturated rings. The van der Waals surface area contributed by atoms with Crippen molar-refractivity contribution in [3.8, 4) is 11.3 Å². The van der Waals surface area contributed by atoms with Crippen molar-refractivity contribution in [2.75, 3.05) is 5.73 Å². The van der Waals surface area contributed by atoms with Gasteiger partial charge in [0, 0.05) is 18.7 Å². The smallest absolute Gasteiger partial charge is 0.146 e. The highest BCUT2D eigenvalue weighted by Gasteiger charge is 2.10. The van der Waals surface area contributed by atoms with Crippen molar-refractivity contribution in [3.63, 3.8) is 0 Å². The highest BCUT2D eigenvalue weighted by atomic mass is 15.3. The van der Waals surface area contributed by atoms with Crippen LogP contribution in [0.15, 0.2) is 24.3 Å². The van der Waals surface area contributed by atoms with Crippen LogP contribution in [0.4, 0.5) is 5.82 Å². The summed E-state index contributed by atoms with van der Waals surface area (Å²) < 4.78 is 1.84. The minimum absolute atomic E-state index is 0.528. The topological polar surface area (TPSA) is 43.8 Å². The molecule has 0 aliphatic heterocycles. The molecule has 0 atom stereocenters. The Hall–Kier alpha value is -1.77. The number of hydrogen-bond acceptors (Lipinski definition) is 2. The van der Waals surface area contributed by atoms with Crippen LogP contribution in [0.25, 0.3) is 11.3 Å². The van der Waals surface area contributed by atoms with Crippen LogP contribution in [0.5, 0.6) is 0 Å². The fraction of sp³-hybridized carbons (Fsp3) is 0.357. The monoisotopic (exact) mass is 229 g/mol. The largest absolute Gasteiger partial charge is 0.382 e. The first kappa shape index (κ1) is 11.7. The molecule has 1 heterocycles. The second-order valence-corrected chi connectivity index (χ2v) is 4.81. The molecule has 0 saturated carbocycles. The summed E-state index contributed by atoms with van der Waals surface area (Å²) in [5.41, 5.74) is 10.6. The lowest BCUT2D eigenvalue weighted by Gasteiger charge is -2.11. The molecule has 0 saturated heterocycles. The molecular formula is C14H19N3. The molecule has 2 aromatic rings. The van der Waals surface area contributed by atoms with Crippen molar-refractivity contribution in [3.05, 3.63) is 35.4 Å². The molecule has 0 spiro atoms. The highest BCUT2D eigenvalue weighted by Crippen LogP contribution is 2.28. The zero-order chi connectivity index (χ0) is 12.6. The van der Waals surface area contributed by atoms with Gasteiger partial charge in [0.1, 0.15) is 5.82 Å². The Bertz CT molecular complexity index is 538. The van der Waals surface area contributed by atoms with E-state index >= 15 is 0 Å². The van der Waals surface area contributed by atoms with E-state index in [4.69, 9.17) is 5.73 Å². The van der Waals surface area contributed by atoms with Gasteiger partial charge in [0.15, 0.2) is 0 Å². The molecule has 0 bridgehead atoms. The van der Waals surface area contributed by atoms with Crippen molar-refractivity contribution in [1.29, 1.82) is 0 Å². The van der Waals surface area contributed by atoms with Crippen LogP contribution >= 0.6 is 0 Å². The molecular weight excluding hydrogens is 210 g/mol. The van der Waals surface area contributed by atoms with Gasteiger partial charge in [0.25, 0.3) is 0 Å². The predicted molar refractivity (Wildman–Crippen MR) is 71.9 cm³/mol. The minimum atomic E-state index is 0.528. The molecule has 0 radical (unpaired) electrons. The van der Waals surface area contributed by atoms with Gasteiger partial charge >= 0.3 is 0 Å². The third-order valence-corrected chi connectivity index (χ3v) is 3.10. The normalized spacial score (nSPS) is 11.1. The summed E-state index contributed by atoms with van der Waals surface area (Å²) in [4.78, 5) is 0. The molecule has 1 aromatic heterocycles.